The van der Waals surface area contributed by atoms with Gasteiger partial charge in [0.15, 0.2) is 0 Å². The smallest absolute Gasteiger partial charge is 0.315 e. The maximum absolute atomic E-state index is 14.8. The molecule has 1 saturated heterocycles. The van der Waals surface area contributed by atoms with E-state index in [2.05, 4.69) is 41.7 Å². The molecule has 0 aromatic rings. The Kier molecular flexibility index (Phi) is 12.4. The number of piperidine rings is 1. The van der Waals surface area contributed by atoms with Gasteiger partial charge >= 0.3 is 6.03 Å². The minimum Gasteiger partial charge on any atom is -0.346 e. The highest BCUT2D eigenvalue weighted by atomic mass is 32.2. The van der Waals surface area contributed by atoms with Crippen LogP contribution in [0, 0.1) is 34.0 Å². The number of rotatable bonds is 15. The second-order valence-electron chi connectivity index (χ2n) is 17.6. The van der Waals surface area contributed by atoms with Crippen molar-refractivity contribution < 1.29 is 32.4 Å². The Morgan fingerprint density at radius 3 is 2.14 bits per heavy atom. The number of urea groups is 1. The minimum atomic E-state index is -3.51. The number of likely N-dealkylation sites (N-methyl/N-ethyl adjacent to an activating group) is 1. The molecular weight excluding hydrogens is 673 g/mol. The number of hydrogen-bond donors (Lipinski definition) is 4. The monoisotopic (exact) mass is 734 g/mol. The summed E-state index contributed by atoms with van der Waals surface area (Å²) in [6, 6.07) is -3.97. The normalized spacial score (nSPS) is 25.7. The number of sulfonamides is 1. The van der Waals surface area contributed by atoms with Crippen LogP contribution in [0.4, 0.5) is 4.79 Å². The molecular formula is C37H62N6O7S. The van der Waals surface area contributed by atoms with Crippen LogP contribution < -0.4 is 21.3 Å². The number of ketones is 1. The zero-order valence-electron chi connectivity index (χ0n) is 32.0. The van der Waals surface area contributed by atoms with E-state index < -0.39 is 68.6 Å². The van der Waals surface area contributed by atoms with Crippen LogP contribution in [0.2, 0.25) is 0 Å². The Balaban J connectivity index is 1.60. The Bertz CT molecular complexity index is 1460. The molecule has 14 heteroatoms. The molecule has 0 spiro atoms. The van der Waals surface area contributed by atoms with Crippen molar-refractivity contribution >= 4 is 39.6 Å². The second kappa shape index (κ2) is 15.5. The molecule has 51 heavy (non-hydrogen) atoms. The van der Waals surface area contributed by atoms with E-state index in [1.165, 1.54) is 17.4 Å². The van der Waals surface area contributed by atoms with Gasteiger partial charge in [-0.3, -0.25) is 19.2 Å². The number of carbonyl (C=O) groups is 5. The molecule has 1 aliphatic heterocycles. The first kappa shape index (κ1) is 40.8. The third-order valence-corrected chi connectivity index (χ3v) is 13.7. The number of Topliss-reactive ketones (excluding diaryl/α,β-unsaturated/α-hetero) is 1. The zero-order chi connectivity index (χ0) is 38.1. The average Bonchev–Trinajstić information content (AvgIpc) is 3.32. The van der Waals surface area contributed by atoms with Gasteiger partial charge in [0.05, 0.1) is 12.3 Å². The van der Waals surface area contributed by atoms with Crippen molar-refractivity contribution in [3.63, 3.8) is 0 Å². The molecule has 4 N–H and O–H groups in total. The lowest BCUT2D eigenvalue weighted by molar-refractivity contribution is -0.146. The van der Waals surface area contributed by atoms with Gasteiger partial charge in [0.2, 0.25) is 27.6 Å². The zero-order valence-corrected chi connectivity index (χ0v) is 32.8. The molecule has 5 amide bonds. The van der Waals surface area contributed by atoms with Crippen LogP contribution in [0.3, 0.4) is 0 Å². The summed E-state index contributed by atoms with van der Waals surface area (Å²) < 4.78 is 25.6. The van der Waals surface area contributed by atoms with E-state index in [1.54, 1.807) is 4.90 Å². The van der Waals surface area contributed by atoms with Crippen molar-refractivity contribution in [3.8, 4) is 0 Å². The van der Waals surface area contributed by atoms with Crippen LogP contribution >= 0.6 is 0 Å². The molecule has 0 radical (unpaired) electrons. The molecule has 288 valence electrons. The van der Waals surface area contributed by atoms with E-state index in [4.69, 9.17) is 0 Å². The number of fused-ring (bicyclic) bond motifs is 1. The molecule has 0 aromatic carbocycles. The van der Waals surface area contributed by atoms with E-state index in [9.17, 15) is 32.4 Å². The first-order valence-electron chi connectivity index (χ1n) is 18.6. The Hall–Kier alpha value is -3.00. The number of nitrogens with zero attached hydrogens (tertiary/aromatic N) is 2. The third-order valence-electron chi connectivity index (χ3n) is 12.4. The summed E-state index contributed by atoms with van der Waals surface area (Å²) >= 11 is 0. The fourth-order valence-electron chi connectivity index (χ4n) is 8.38. The summed E-state index contributed by atoms with van der Waals surface area (Å²) in [6.45, 7) is 16.0. The van der Waals surface area contributed by atoms with Crippen LogP contribution in [0.15, 0.2) is 12.7 Å². The van der Waals surface area contributed by atoms with E-state index in [-0.39, 0.29) is 42.2 Å². The number of carbonyl (C=O) groups excluding carboxylic acids is 5. The van der Waals surface area contributed by atoms with Crippen molar-refractivity contribution in [1.82, 2.24) is 30.5 Å². The Morgan fingerprint density at radius 2 is 1.61 bits per heavy atom. The van der Waals surface area contributed by atoms with Gasteiger partial charge in [0.1, 0.15) is 12.1 Å². The standard InChI is InChI=1S/C37H62N6O7S/c1-10-19-38-32(46)29(44)25(20-23-15-14-16-23)39-31(45)28-27-24(36(27,5)6)21-43(28)33(47)30(37(7)17-12-11-13-18-37)41-34(48)40-26(35(2,3)4)22-42(8)51(9,49)50/h10,23-28,30H,1,11-22H2,2-9H3,(H,38,46)(H,39,45)(H2,40,41,48)/t24-,25?,26+,27-,28-,30+/m0/s1. The summed E-state index contributed by atoms with van der Waals surface area (Å²) in [6.07, 6.45) is 10.1. The molecule has 1 heterocycles. The quantitative estimate of drug-likeness (QED) is 0.148. The van der Waals surface area contributed by atoms with Crippen LogP contribution in [-0.2, 0) is 29.2 Å². The Morgan fingerprint density at radius 1 is 0.980 bits per heavy atom. The second-order valence-corrected chi connectivity index (χ2v) is 19.7. The molecule has 4 aliphatic rings. The highest BCUT2D eigenvalue weighted by molar-refractivity contribution is 7.88. The van der Waals surface area contributed by atoms with Gasteiger partial charge in [-0.1, -0.05) is 86.1 Å². The summed E-state index contributed by atoms with van der Waals surface area (Å²) in [7, 11) is -2.04. The van der Waals surface area contributed by atoms with Crippen molar-refractivity contribution in [2.45, 2.75) is 123 Å². The van der Waals surface area contributed by atoms with E-state index >= 15 is 0 Å². The summed E-state index contributed by atoms with van der Waals surface area (Å²) in [5.74, 6) is -2.13. The summed E-state index contributed by atoms with van der Waals surface area (Å²) in [5, 5.41) is 11.4. The third kappa shape index (κ3) is 9.33. The lowest BCUT2D eigenvalue weighted by Crippen LogP contribution is -2.63. The van der Waals surface area contributed by atoms with E-state index in [0.29, 0.717) is 25.8 Å². The van der Waals surface area contributed by atoms with E-state index in [0.717, 1.165) is 44.8 Å². The Labute approximate surface area is 304 Å². The first-order chi connectivity index (χ1) is 23.6. The van der Waals surface area contributed by atoms with Gasteiger partial charge in [0.25, 0.3) is 5.91 Å². The lowest BCUT2D eigenvalue weighted by Gasteiger charge is -2.43. The van der Waals surface area contributed by atoms with Gasteiger partial charge < -0.3 is 26.2 Å². The predicted octanol–water partition coefficient (Wildman–Crippen LogP) is 2.96. The number of amides is 5. The van der Waals surface area contributed by atoms with Crippen LogP contribution in [0.1, 0.15) is 99.3 Å². The van der Waals surface area contributed by atoms with Crippen LogP contribution in [0.25, 0.3) is 0 Å². The molecule has 13 nitrogen and oxygen atoms in total. The number of hydrogen-bond acceptors (Lipinski definition) is 7. The topological polar surface area (TPSA) is 174 Å². The lowest BCUT2D eigenvalue weighted by atomic mass is 9.70. The molecule has 4 rings (SSSR count). The maximum atomic E-state index is 14.8. The van der Waals surface area contributed by atoms with E-state index in [1.807, 2.05) is 27.7 Å². The molecule has 4 fully saturated rings. The maximum Gasteiger partial charge on any atom is 0.315 e. The predicted molar refractivity (Wildman–Crippen MR) is 196 cm³/mol. The molecule has 0 aromatic heterocycles. The SMILES string of the molecule is C=CCNC(=O)C(=O)C(CC1CCC1)NC(=O)[C@@H]1[C@@H]2[C@H](CN1C(=O)[C@@H](NC(=O)N[C@H](CN(C)S(C)(=O)=O)C(C)(C)C)C1(C)CCCCC1)C2(C)C. The average molecular weight is 735 g/mol. The minimum absolute atomic E-state index is 0.0464. The van der Waals surface area contributed by atoms with Crippen molar-refractivity contribution in [2.75, 3.05) is 32.9 Å². The van der Waals surface area contributed by atoms with Crippen molar-refractivity contribution in [2.24, 2.45) is 34.0 Å². The fourth-order valence-corrected chi connectivity index (χ4v) is 8.80. The van der Waals surface area contributed by atoms with Gasteiger partial charge in [-0.2, -0.15) is 0 Å². The summed E-state index contributed by atoms with van der Waals surface area (Å²) in [5.41, 5.74) is -1.29. The number of nitrogens with one attached hydrogen (secondary N) is 4. The molecule has 6 atom stereocenters. The van der Waals surface area contributed by atoms with Crippen molar-refractivity contribution in [3.05, 3.63) is 12.7 Å². The van der Waals surface area contributed by atoms with Gasteiger partial charge in [-0.25, -0.2) is 17.5 Å². The first-order valence-corrected chi connectivity index (χ1v) is 20.5. The molecule has 3 aliphatic carbocycles. The van der Waals surface area contributed by atoms with Crippen molar-refractivity contribution in [1.29, 1.82) is 0 Å². The molecule has 1 unspecified atom stereocenters. The number of likely N-dealkylation sites (tertiary alicyclic amines) is 1. The highest BCUT2D eigenvalue weighted by Gasteiger charge is 2.70. The molecule has 0 bridgehead atoms. The molecule has 3 saturated carbocycles. The van der Waals surface area contributed by atoms with Gasteiger partial charge in [-0.15, -0.1) is 6.58 Å². The van der Waals surface area contributed by atoms with Gasteiger partial charge in [0, 0.05) is 32.7 Å². The highest BCUT2D eigenvalue weighted by Crippen LogP contribution is 2.65. The van der Waals surface area contributed by atoms with Gasteiger partial charge in [-0.05, 0) is 53.3 Å². The fraction of sp³-hybridized carbons (Fsp3) is 0.811. The van der Waals surface area contributed by atoms with Crippen LogP contribution in [0.5, 0.6) is 0 Å². The summed E-state index contributed by atoms with van der Waals surface area (Å²) in [4.78, 5) is 70.6. The van der Waals surface area contributed by atoms with Crippen LogP contribution in [-0.4, -0.2) is 104 Å². The largest absolute Gasteiger partial charge is 0.346 e.